The molecule has 5 nitrogen and oxygen atoms in total. The summed E-state index contributed by atoms with van der Waals surface area (Å²) in [4.78, 5) is 10.6. The van der Waals surface area contributed by atoms with E-state index in [0.717, 1.165) is 0 Å². The lowest BCUT2D eigenvalue weighted by Gasteiger charge is -2.15. The van der Waals surface area contributed by atoms with Crippen LogP contribution < -0.4 is 0 Å². The summed E-state index contributed by atoms with van der Waals surface area (Å²) < 4.78 is 4.46. The maximum Gasteiger partial charge on any atom is 0.338 e. The zero-order chi connectivity index (χ0) is 8.59. The fraction of sp³-hybridized carbons (Fsp3) is 0.833. The van der Waals surface area contributed by atoms with Gasteiger partial charge in [0.25, 0.3) is 0 Å². The van der Waals surface area contributed by atoms with Gasteiger partial charge in [0.2, 0.25) is 0 Å². The molecule has 0 saturated carbocycles. The third-order valence-corrected chi connectivity index (χ3v) is 1.63. The Morgan fingerprint density at radius 1 is 1.55 bits per heavy atom. The Morgan fingerprint density at radius 2 is 2.09 bits per heavy atom. The highest BCUT2D eigenvalue weighted by atomic mass is 16.6. The Morgan fingerprint density at radius 3 is 2.27 bits per heavy atom. The van der Waals surface area contributed by atoms with Gasteiger partial charge >= 0.3 is 5.97 Å². The second-order valence-electron chi connectivity index (χ2n) is 2.58. The number of aliphatic hydroxyl groups excluding tert-OH is 3. The molecule has 0 aromatic heterocycles. The molecule has 1 fully saturated rings. The van der Waals surface area contributed by atoms with Crippen LogP contribution >= 0.6 is 0 Å². The van der Waals surface area contributed by atoms with E-state index in [1.54, 1.807) is 0 Å². The molecule has 1 rings (SSSR count). The van der Waals surface area contributed by atoms with Crippen molar-refractivity contribution >= 4 is 5.97 Å². The van der Waals surface area contributed by atoms with Gasteiger partial charge in [0.15, 0.2) is 12.2 Å². The first-order chi connectivity index (χ1) is 5.04. The van der Waals surface area contributed by atoms with Crippen molar-refractivity contribution in [1.82, 2.24) is 0 Å². The Hall–Kier alpha value is -0.650. The molecule has 0 aliphatic carbocycles. The van der Waals surface area contributed by atoms with Crippen LogP contribution in [0.2, 0.25) is 0 Å². The predicted octanol–water partition coefficient (Wildman–Crippen LogP) is -1.99. The van der Waals surface area contributed by atoms with Crippen molar-refractivity contribution in [2.24, 2.45) is 0 Å². The lowest BCUT2D eigenvalue weighted by Crippen LogP contribution is -2.37. The minimum Gasteiger partial charge on any atom is -0.455 e. The summed E-state index contributed by atoms with van der Waals surface area (Å²) >= 11 is 0. The van der Waals surface area contributed by atoms with Gasteiger partial charge in [0, 0.05) is 0 Å². The van der Waals surface area contributed by atoms with E-state index >= 15 is 0 Å². The molecule has 0 unspecified atom stereocenters. The highest BCUT2D eigenvalue weighted by Crippen LogP contribution is 2.18. The van der Waals surface area contributed by atoms with Gasteiger partial charge in [-0.05, 0) is 6.92 Å². The molecule has 4 atom stereocenters. The zero-order valence-electron chi connectivity index (χ0n) is 5.97. The van der Waals surface area contributed by atoms with Crippen molar-refractivity contribution in [3.8, 4) is 0 Å². The number of carbonyl (C=O) groups excluding carboxylic acids is 1. The van der Waals surface area contributed by atoms with Crippen molar-refractivity contribution in [3.05, 3.63) is 0 Å². The average molecular weight is 162 g/mol. The van der Waals surface area contributed by atoms with Gasteiger partial charge in [-0.2, -0.15) is 0 Å². The van der Waals surface area contributed by atoms with Crippen LogP contribution in [-0.2, 0) is 9.53 Å². The third-order valence-electron chi connectivity index (χ3n) is 1.63. The van der Waals surface area contributed by atoms with Gasteiger partial charge in [0.05, 0.1) is 6.10 Å². The van der Waals surface area contributed by atoms with E-state index in [1.165, 1.54) is 6.92 Å². The Kier molecular flexibility index (Phi) is 2.12. The highest BCUT2D eigenvalue weighted by Gasteiger charge is 2.44. The van der Waals surface area contributed by atoms with E-state index in [9.17, 15) is 4.79 Å². The first kappa shape index (κ1) is 8.45. The molecule has 1 saturated heterocycles. The first-order valence-corrected chi connectivity index (χ1v) is 3.28. The van der Waals surface area contributed by atoms with Crippen LogP contribution in [0.15, 0.2) is 0 Å². The summed E-state index contributed by atoms with van der Waals surface area (Å²) in [7, 11) is 0. The zero-order valence-corrected chi connectivity index (χ0v) is 5.97. The molecule has 1 aliphatic heterocycles. The van der Waals surface area contributed by atoms with Crippen LogP contribution in [-0.4, -0.2) is 45.7 Å². The number of carbonyl (C=O) groups is 1. The van der Waals surface area contributed by atoms with Crippen LogP contribution in [0.25, 0.3) is 0 Å². The average Bonchev–Trinajstić information content (AvgIpc) is 2.17. The molecule has 0 bridgehead atoms. The minimum absolute atomic E-state index is 0.886. The minimum atomic E-state index is -1.52. The first-order valence-electron chi connectivity index (χ1n) is 3.28. The normalized spacial score (nSPS) is 40.4. The quantitative estimate of drug-likeness (QED) is 0.389. The smallest absolute Gasteiger partial charge is 0.338 e. The van der Waals surface area contributed by atoms with Crippen LogP contribution in [0, 0.1) is 0 Å². The number of hydrogen-bond donors (Lipinski definition) is 3. The molecule has 11 heavy (non-hydrogen) atoms. The van der Waals surface area contributed by atoms with E-state index in [4.69, 9.17) is 15.3 Å². The highest BCUT2D eigenvalue weighted by molar-refractivity contribution is 5.77. The molecular formula is C6H10O5. The van der Waals surface area contributed by atoms with Crippen LogP contribution in [0.3, 0.4) is 0 Å². The summed E-state index contributed by atoms with van der Waals surface area (Å²) in [6, 6.07) is 0. The molecule has 0 amide bonds. The summed E-state index contributed by atoms with van der Waals surface area (Å²) in [5.41, 5.74) is 0. The van der Waals surface area contributed by atoms with Crippen LogP contribution in [0.5, 0.6) is 0 Å². The maximum atomic E-state index is 10.6. The fourth-order valence-corrected chi connectivity index (χ4v) is 0.976. The summed E-state index contributed by atoms with van der Waals surface area (Å²) in [6.07, 6.45) is -4.80. The second-order valence-corrected chi connectivity index (χ2v) is 2.58. The number of rotatable bonds is 1. The number of esters is 1. The molecule has 3 N–H and O–H groups in total. The number of aliphatic hydroxyl groups is 3. The van der Waals surface area contributed by atoms with Crippen LogP contribution in [0.4, 0.5) is 0 Å². The van der Waals surface area contributed by atoms with E-state index in [-0.39, 0.29) is 0 Å². The molecule has 5 heteroatoms. The SMILES string of the molecule is C[C@@H](O)[C@H]1OC(=O)[C@@H](O)[C@@H]1O. The standard InChI is InChI=1S/C6H10O5/c1-2(7)5-3(8)4(9)6(10)11-5/h2-5,7-9H,1H3/t2-,3+,4+,5-/m1/s1. The largest absolute Gasteiger partial charge is 0.455 e. The van der Waals surface area contributed by atoms with Crippen molar-refractivity contribution in [3.63, 3.8) is 0 Å². The topological polar surface area (TPSA) is 87.0 Å². The molecule has 1 aliphatic rings. The van der Waals surface area contributed by atoms with Gasteiger partial charge < -0.3 is 20.1 Å². The molecule has 0 radical (unpaired) electrons. The Balaban J connectivity index is 2.67. The van der Waals surface area contributed by atoms with E-state index in [0.29, 0.717) is 0 Å². The van der Waals surface area contributed by atoms with E-state index in [2.05, 4.69) is 4.74 Å². The molecule has 1 heterocycles. The number of cyclic esters (lactones) is 1. The molecule has 0 aromatic rings. The van der Waals surface area contributed by atoms with Gasteiger partial charge in [0.1, 0.15) is 6.10 Å². The molecular weight excluding hydrogens is 152 g/mol. The molecule has 0 spiro atoms. The van der Waals surface area contributed by atoms with Crippen molar-refractivity contribution < 1.29 is 24.9 Å². The summed E-state index contributed by atoms with van der Waals surface area (Å²) in [5, 5.41) is 26.8. The molecule has 0 aromatic carbocycles. The fourth-order valence-electron chi connectivity index (χ4n) is 0.976. The van der Waals surface area contributed by atoms with Crippen molar-refractivity contribution in [2.75, 3.05) is 0 Å². The number of ether oxygens (including phenoxy) is 1. The Labute approximate surface area is 63.2 Å². The summed E-state index contributed by atoms with van der Waals surface area (Å²) in [5.74, 6) is -0.886. The Bertz CT molecular complexity index is 166. The maximum absolute atomic E-state index is 10.6. The third kappa shape index (κ3) is 1.35. The second kappa shape index (κ2) is 2.77. The van der Waals surface area contributed by atoms with E-state index < -0.39 is 30.4 Å². The van der Waals surface area contributed by atoms with Gasteiger partial charge in [-0.3, -0.25) is 0 Å². The predicted molar refractivity (Wildman–Crippen MR) is 33.6 cm³/mol. The summed E-state index contributed by atoms with van der Waals surface area (Å²) in [6.45, 7) is 1.37. The van der Waals surface area contributed by atoms with Crippen LogP contribution in [0.1, 0.15) is 6.92 Å². The van der Waals surface area contributed by atoms with Gasteiger partial charge in [-0.1, -0.05) is 0 Å². The number of hydrogen-bond acceptors (Lipinski definition) is 5. The van der Waals surface area contributed by atoms with Gasteiger partial charge in [-0.15, -0.1) is 0 Å². The monoisotopic (exact) mass is 162 g/mol. The van der Waals surface area contributed by atoms with Crippen molar-refractivity contribution in [2.45, 2.75) is 31.3 Å². The van der Waals surface area contributed by atoms with Gasteiger partial charge in [-0.25, -0.2) is 4.79 Å². The molecule has 64 valence electrons. The van der Waals surface area contributed by atoms with Crippen molar-refractivity contribution in [1.29, 1.82) is 0 Å². The lowest BCUT2D eigenvalue weighted by atomic mass is 10.1. The lowest BCUT2D eigenvalue weighted by molar-refractivity contribution is -0.150. The van der Waals surface area contributed by atoms with E-state index in [1.807, 2.05) is 0 Å².